The number of sulfonamides is 1. The molecule has 0 aliphatic rings. The van der Waals surface area contributed by atoms with E-state index in [1.54, 1.807) is 25.3 Å². The fourth-order valence-corrected chi connectivity index (χ4v) is 4.52. The number of carboxylic acid groups (broad SMARTS) is 1. The molecule has 0 aliphatic heterocycles. The Morgan fingerprint density at radius 2 is 1.79 bits per heavy atom. The Kier molecular flexibility index (Phi) is 11.8. The van der Waals surface area contributed by atoms with Crippen molar-refractivity contribution >= 4 is 27.8 Å². The van der Waals surface area contributed by atoms with E-state index in [1.165, 1.54) is 22.9 Å². The van der Waals surface area contributed by atoms with Gasteiger partial charge in [0.2, 0.25) is 0 Å². The van der Waals surface area contributed by atoms with Gasteiger partial charge in [0.1, 0.15) is 11.5 Å². The average Bonchev–Trinajstić information content (AvgIpc) is 2.94. The maximum absolute atomic E-state index is 12.7. The number of aliphatic carboxylic acids is 1. The zero-order chi connectivity index (χ0) is 30.6. The van der Waals surface area contributed by atoms with Crippen LogP contribution in [0.4, 0.5) is 18.9 Å². The van der Waals surface area contributed by atoms with Gasteiger partial charge < -0.3 is 14.6 Å². The van der Waals surface area contributed by atoms with Crippen LogP contribution in [0.15, 0.2) is 66.7 Å². The number of pyridine rings is 1. The molecule has 226 valence electrons. The molecular weight excluding hydrogens is 573 g/mol. The van der Waals surface area contributed by atoms with Gasteiger partial charge in [-0.3, -0.25) is 14.5 Å². The summed E-state index contributed by atoms with van der Waals surface area (Å²) in [6, 6.07) is 17.0. The second-order valence-corrected chi connectivity index (χ2v) is 11.1. The summed E-state index contributed by atoms with van der Waals surface area (Å²) in [7, 11) is -3.89. The number of ether oxygens (including phenoxy) is 2. The number of carboxylic acids is 1. The Balaban J connectivity index is 1.54. The highest BCUT2D eigenvalue weighted by atomic mass is 32.2. The van der Waals surface area contributed by atoms with E-state index in [-0.39, 0.29) is 18.5 Å². The molecule has 0 saturated carbocycles. The standard InChI is InChI=1S/C30H33F3N2O6S/c1-40-26-15-11-22(12-16-26)7-4-2-3-5-20-41-28-18-14-24(34-27(28)17-19-29(36)37)13-10-23-8-6-9-25(21-23)35-42(38,39)30(31,32)33/h4,6-9,11-12,14-16,18,21,35H,2-3,5,10,13,17,19-20H2,1H3,(H,36,37)/b7-4+. The molecule has 1 aromatic heterocycles. The number of methoxy groups -OCH3 is 1. The molecule has 0 saturated heterocycles. The van der Waals surface area contributed by atoms with Crippen molar-refractivity contribution in [2.75, 3.05) is 18.4 Å². The van der Waals surface area contributed by atoms with E-state index in [1.807, 2.05) is 30.3 Å². The fraction of sp³-hybridized carbons (Fsp3) is 0.333. The quantitative estimate of drug-likeness (QED) is 0.181. The van der Waals surface area contributed by atoms with E-state index in [9.17, 15) is 26.4 Å². The summed E-state index contributed by atoms with van der Waals surface area (Å²) < 4.78 is 73.5. The molecule has 0 radical (unpaired) electrons. The zero-order valence-electron chi connectivity index (χ0n) is 23.1. The molecule has 2 N–H and O–H groups in total. The maximum Gasteiger partial charge on any atom is 0.516 e. The zero-order valence-corrected chi connectivity index (χ0v) is 23.9. The molecule has 0 amide bonds. The van der Waals surface area contributed by atoms with Crippen molar-refractivity contribution in [3.05, 3.63) is 89.3 Å². The topological polar surface area (TPSA) is 115 Å². The summed E-state index contributed by atoms with van der Waals surface area (Å²) in [5.41, 5.74) is -2.76. The van der Waals surface area contributed by atoms with Crippen LogP contribution in [0, 0.1) is 0 Å². The first-order valence-electron chi connectivity index (χ1n) is 13.3. The second-order valence-electron chi connectivity index (χ2n) is 9.41. The number of alkyl halides is 3. The highest BCUT2D eigenvalue weighted by molar-refractivity contribution is 7.93. The molecule has 42 heavy (non-hydrogen) atoms. The molecule has 0 spiro atoms. The van der Waals surface area contributed by atoms with Crippen LogP contribution in [0.5, 0.6) is 11.5 Å². The van der Waals surface area contributed by atoms with Crippen LogP contribution in [0.1, 0.15) is 48.2 Å². The van der Waals surface area contributed by atoms with Crippen molar-refractivity contribution < 1.29 is 41.0 Å². The summed E-state index contributed by atoms with van der Waals surface area (Å²) in [6.07, 6.45) is 7.54. The first-order chi connectivity index (χ1) is 20.0. The summed E-state index contributed by atoms with van der Waals surface area (Å²) in [4.78, 5) is 15.7. The second kappa shape index (κ2) is 15.2. The van der Waals surface area contributed by atoms with Gasteiger partial charge in [0.05, 0.1) is 25.8 Å². The average molecular weight is 607 g/mol. The van der Waals surface area contributed by atoms with Crippen LogP contribution in [0.25, 0.3) is 6.08 Å². The Labute approximate surface area is 243 Å². The van der Waals surface area contributed by atoms with Crippen LogP contribution >= 0.6 is 0 Å². The van der Waals surface area contributed by atoms with Gasteiger partial charge in [0.15, 0.2) is 0 Å². The summed E-state index contributed by atoms with van der Waals surface area (Å²) >= 11 is 0. The van der Waals surface area contributed by atoms with Gasteiger partial charge in [0, 0.05) is 17.8 Å². The first kappa shape index (κ1) is 32.5. The number of hydrogen-bond donors (Lipinski definition) is 2. The molecule has 8 nitrogen and oxygen atoms in total. The highest BCUT2D eigenvalue weighted by Gasteiger charge is 2.46. The van der Waals surface area contributed by atoms with Gasteiger partial charge >= 0.3 is 21.5 Å². The molecule has 1 heterocycles. The van der Waals surface area contributed by atoms with Crippen molar-refractivity contribution in [1.29, 1.82) is 0 Å². The number of nitrogens with zero attached hydrogens (tertiary/aromatic N) is 1. The number of allylic oxidation sites excluding steroid dienone is 1. The number of nitrogens with one attached hydrogen (secondary N) is 1. The van der Waals surface area contributed by atoms with E-state index in [2.05, 4.69) is 11.1 Å². The Morgan fingerprint density at radius 3 is 2.48 bits per heavy atom. The third kappa shape index (κ3) is 10.4. The van der Waals surface area contributed by atoms with Gasteiger partial charge in [-0.1, -0.05) is 36.4 Å². The predicted octanol–water partition coefficient (Wildman–Crippen LogP) is 6.42. The van der Waals surface area contributed by atoms with Gasteiger partial charge in [0.25, 0.3) is 0 Å². The van der Waals surface area contributed by atoms with E-state index in [0.29, 0.717) is 42.1 Å². The van der Waals surface area contributed by atoms with Crippen LogP contribution in [0.3, 0.4) is 0 Å². The van der Waals surface area contributed by atoms with Crippen molar-refractivity contribution in [2.45, 2.75) is 50.5 Å². The number of aromatic nitrogens is 1. The van der Waals surface area contributed by atoms with Gasteiger partial charge in [-0.15, -0.1) is 0 Å². The molecule has 0 atom stereocenters. The van der Waals surface area contributed by atoms with E-state index in [4.69, 9.17) is 14.6 Å². The lowest BCUT2D eigenvalue weighted by molar-refractivity contribution is -0.137. The lowest BCUT2D eigenvalue weighted by Crippen LogP contribution is -2.29. The Hall–Kier alpha value is -4.06. The smallest absolute Gasteiger partial charge is 0.497 e. The maximum atomic E-state index is 12.7. The summed E-state index contributed by atoms with van der Waals surface area (Å²) in [6.45, 7) is 0.443. The lowest BCUT2D eigenvalue weighted by Gasteiger charge is -2.13. The Bertz CT molecular complexity index is 1460. The molecule has 0 unspecified atom stereocenters. The van der Waals surface area contributed by atoms with Crippen molar-refractivity contribution in [2.24, 2.45) is 0 Å². The van der Waals surface area contributed by atoms with Crippen molar-refractivity contribution in [3.8, 4) is 11.5 Å². The lowest BCUT2D eigenvalue weighted by atomic mass is 10.1. The number of anilines is 1. The van der Waals surface area contributed by atoms with Gasteiger partial charge in [-0.05, 0) is 79.6 Å². The molecule has 0 fully saturated rings. The van der Waals surface area contributed by atoms with Gasteiger partial charge in [-0.25, -0.2) is 0 Å². The number of hydrogen-bond acceptors (Lipinski definition) is 6. The third-order valence-corrected chi connectivity index (χ3v) is 7.28. The minimum absolute atomic E-state index is 0.121. The Morgan fingerprint density at radius 1 is 1.02 bits per heavy atom. The van der Waals surface area contributed by atoms with E-state index >= 15 is 0 Å². The predicted molar refractivity (Wildman–Crippen MR) is 154 cm³/mol. The normalized spacial score (nSPS) is 11.9. The van der Waals surface area contributed by atoms with Crippen LogP contribution in [0.2, 0.25) is 0 Å². The molecule has 3 rings (SSSR count). The third-order valence-electron chi connectivity index (χ3n) is 6.17. The van der Waals surface area contributed by atoms with Crippen LogP contribution < -0.4 is 14.2 Å². The number of benzene rings is 2. The first-order valence-corrected chi connectivity index (χ1v) is 14.8. The van der Waals surface area contributed by atoms with E-state index < -0.39 is 21.5 Å². The van der Waals surface area contributed by atoms with Crippen molar-refractivity contribution in [1.82, 2.24) is 4.98 Å². The molecule has 2 aromatic carbocycles. The summed E-state index contributed by atoms with van der Waals surface area (Å²) in [5, 5.41) is 9.15. The number of rotatable bonds is 16. The SMILES string of the molecule is COc1ccc(/C=C/CCCCOc2ccc(CCc3cccc(NS(=O)(=O)C(F)(F)F)c3)nc2CCC(=O)O)cc1. The minimum Gasteiger partial charge on any atom is -0.497 e. The highest BCUT2D eigenvalue weighted by Crippen LogP contribution is 2.26. The largest absolute Gasteiger partial charge is 0.516 e. The molecule has 0 bridgehead atoms. The van der Waals surface area contributed by atoms with Crippen molar-refractivity contribution in [3.63, 3.8) is 0 Å². The van der Waals surface area contributed by atoms with E-state index in [0.717, 1.165) is 30.6 Å². The van der Waals surface area contributed by atoms with Crippen LogP contribution in [-0.4, -0.2) is 43.7 Å². The van der Waals surface area contributed by atoms with Gasteiger partial charge in [-0.2, -0.15) is 21.6 Å². The number of halogens is 3. The molecular formula is C30H33F3N2O6S. The number of unbranched alkanes of at least 4 members (excludes halogenated alkanes) is 2. The number of carbonyl (C=O) groups is 1. The number of aryl methyl sites for hydroxylation is 3. The fourth-order valence-electron chi connectivity index (χ4n) is 3.97. The molecule has 12 heteroatoms. The molecule has 3 aromatic rings. The monoisotopic (exact) mass is 606 g/mol. The van der Waals surface area contributed by atoms with Crippen LogP contribution in [-0.2, 0) is 34.1 Å². The molecule has 0 aliphatic carbocycles. The summed E-state index contributed by atoms with van der Waals surface area (Å²) in [5.74, 6) is 0.354. The minimum atomic E-state index is -5.52.